The summed E-state index contributed by atoms with van der Waals surface area (Å²) in [4.78, 5) is 7.27. The van der Waals surface area contributed by atoms with Gasteiger partial charge in [-0.1, -0.05) is 18.2 Å². The number of hydrogen-bond donors (Lipinski definition) is 1. The molecular formula is C19H22N4O3S. The fourth-order valence-electron chi connectivity index (χ4n) is 3.36. The van der Waals surface area contributed by atoms with E-state index in [1.165, 1.54) is 0 Å². The lowest BCUT2D eigenvalue weighted by Crippen LogP contribution is -2.35. The lowest BCUT2D eigenvalue weighted by Gasteiger charge is -2.27. The van der Waals surface area contributed by atoms with Crippen LogP contribution >= 0.6 is 0 Å². The summed E-state index contributed by atoms with van der Waals surface area (Å²) in [6, 6.07) is 13.9. The summed E-state index contributed by atoms with van der Waals surface area (Å²) in [7, 11) is -1.90. The number of aromatic nitrogens is 2. The zero-order chi connectivity index (χ0) is 18.9. The molecule has 1 aliphatic rings. The monoisotopic (exact) mass is 386 g/mol. The van der Waals surface area contributed by atoms with Crippen molar-refractivity contribution in [2.24, 2.45) is 0 Å². The Labute approximate surface area is 158 Å². The number of anilines is 1. The second-order valence-corrected chi connectivity index (χ2v) is 8.25. The highest BCUT2D eigenvalue weighted by atomic mass is 32.2. The minimum absolute atomic E-state index is 0.239. The molecule has 7 nitrogen and oxygen atoms in total. The molecule has 0 fully saturated rings. The number of nitrogens with one attached hydrogen (secondary N) is 1. The van der Waals surface area contributed by atoms with Gasteiger partial charge in [0.1, 0.15) is 5.82 Å². The van der Waals surface area contributed by atoms with Crippen LogP contribution in [-0.2, 0) is 27.8 Å². The zero-order valence-corrected chi connectivity index (χ0v) is 15.9. The van der Waals surface area contributed by atoms with E-state index in [0.717, 1.165) is 43.0 Å². The van der Waals surface area contributed by atoms with Crippen molar-refractivity contribution in [1.29, 1.82) is 0 Å². The van der Waals surface area contributed by atoms with Crippen molar-refractivity contribution >= 4 is 26.7 Å². The largest absolute Gasteiger partial charge is 0.383 e. The van der Waals surface area contributed by atoms with E-state index in [2.05, 4.69) is 14.2 Å². The van der Waals surface area contributed by atoms with E-state index >= 15 is 0 Å². The van der Waals surface area contributed by atoms with Crippen molar-refractivity contribution in [3.05, 3.63) is 54.4 Å². The van der Waals surface area contributed by atoms with Gasteiger partial charge in [-0.15, -0.1) is 0 Å². The fraction of sp³-hybridized carbons (Fsp3) is 0.316. The van der Waals surface area contributed by atoms with Gasteiger partial charge in [-0.25, -0.2) is 13.4 Å². The molecule has 3 aromatic rings. The third-order valence-corrected chi connectivity index (χ3v) is 6.15. The molecule has 2 aromatic carbocycles. The second-order valence-electron chi connectivity index (χ2n) is 6.57. The molecule has 27 heavy (non-hydrogen) atoms. The molecule has 0 saturated heterocycles. The van der Waals surface area contributed by atoms with Crippen LogP contribution in [-0.4, -0.2) is 49.7 Å². The van der Waals surface area contributed by atoms with Crippen LogP contribution in [0.5, 0.6) is 0 Å². The standard InChI is InChI=1S/C19H22N4O3S/c1-26-12-11-22-9-10-23-18-8-7-15(13-17(18)20-19(23)14-22)21-27(24,25)16-5-3-2-4-6-16/h2-8,13,21H,9-12,14H2,1H3. The van der Waals surface area contributed by atoms with Crippen LogP contribution in [0.3, 0.4) is 0 Å². The van der Waals surface area contributed by atoms with E-state index in [1.54, 1.807) is 49.6 Å². The molecule has 142 valence electrons. The van der Waals surface area contributed by atoms with E-state index in [0.29, 0.717) is 12.3 Å². The van der Waals surface area contributed by atoms with Gasteiger partial charge in [-0.05, 0) is 30.3 Å². The molecule has 1 N–H and O–H groups in total. The third-order valence-electron chi connectivity index (χ3n) is 4.75. The Morgan fingerprint density at radius 3 is 2.74 bits per heavy atom. The van der Waals surface area contributed by atoms with Crippen LogP contribution in [0.2, 0.25) is 0 Å². The van der Waals surface area contributed by atoms with Gasteiger partial charge < -0.3 is 9.30 Å². The normalized spacial score (nSPS) is 15.0. The molecule has 1 aliphatic heterocycles. The summed E-state index contributed by atoms with van der Waals surface area (Å²) in [5.74, 6) is 0.996. The van der Waals surface area contributed by atoms with Crippen molar-refractivity contribution in [2.75, 3.05) is 31.5 Å². The summed E-state index contributed by atoms with van der Waals surface area (Å²) in [5.41, 5.74) is 2.34. The van der Waals surface area contributed by atoms with E-state index in [4.69, 9.17) is 9.72 Å². The van der Waals surface area contributed by atoms with Gasteiger partial charge in [0.05, 0.1) is 34.8 Å². The lowest BCUT2D eigenvalue weighted by molar-refractivity contribution is 0.130. The summed E-state index contributed by atoms with van der Waals surface area (Å²) in [6.45, 7) is 4.16. The van der Waals surface area contributed by atoms with Gasteiger partial charge in [0.15, 0.2) is 0 Å². The topological polar surface area (TPSA) is 76.5 Å². The van der Waals surface area contributed by atoms with Crippen LogP contribution in [0, 0.1) is 0 Å². The minimum atomic E-state index is -3.61. The van der Waals surface area contributed by atoms with Gasteiger partial charge in [-0.3, -0.25) is 9.62 Å². The number of rotatable bonds is 6. The van der Waals surface area contributed by atoms with Crippen molar-refractivity contribution in [3.63, 3.8) is 0 Å². The number of methoxy groups -OCH3 is 1. The highest BCUT2D eigenvalue weighted by Gasteiger charge is 2.20. The molecule has 0 unspecified atom stereocenters. The first-order valence-electron chi connectivity index (χ1n) is 8.85. The molecule has 4 rings (SSSR count). The Kier molecular flexibility index (Phi) is 4.86. The Hall–Kier alpha value is -2.42. The SMILES string of the molecule is COCCN1CCn2c(nc3cc(NS(=O)(=O)c4ccccc4)ccc32)C1. The predicted octanol–water partition coefficient (Wildman–Crippen LogP) is 2.30. The predicted molar refractivity (Wildman–Crippen MR) is 104 cm³/mol. The number of ether oxygens (including phenoxy) is 1. The quantitative estimate of drug-likeness (QED) is 0.703. The number of benzene rings is 2. The lowest BCUT2D eigenvalue weighted by atomic mass is 10.3. The summed E-state index contributed by atoms with van der Waals surface area (Å²) in [6.07, 6.45) is 0. The highest BCUT2D eigenvalue weighted by molar-refractivity contribution is 7.92. The highest BCUT2D eigenvalue weighted by Crippen LogP contribution is 2.25. The van der Waals surface area contributed by atoms with Crippen molar-refractivity contribution in [2.45, 2.75) is 18.0 Å². The number of imidazole rings is 1. The number of nitrogens with zero attached hydrogens (tertiary/aromatic N) is 3. The summed E-state index contributed by atoms with van der Waals surface area (Å²) < 4.78 is 35.0. The van der Waals surface area contributed by atoms with Crippen molar-refractivity contribution < 1.29 is 13.2 Å². The van der Waals surface area contributed by atoms with E-state index in [1.807, 2.05) is 6.07 Å². The molecule has 0 spiro atoms. The zero-order valence-electron chi connectivity index (χ0n) is 15.1. The number of sulfonamides is 1. The molecule has 0 saturated carbocycles. The number of hydrogen-bond acceptors (Lipinski definition) is 5. The smallest absolute Gasteiger partial charge is 0.261 e. The first-order chi connectivity index (χ1) is 13.1. The maximum Gasteiger partial charge on any atom is 0.261 e. The average Bonchev–Trinajstić information content (AvgIpc) is 3.03. The first-order valence-corrected chi connectivity index (χ1v) is 10.3. The molecule has 0 atom stereocenters. The Bertz CT molecular complexity index is 1050. The van der Waals surface area contributed by atoms with E-state index in [-0.39, 0.29) is 4.90 Å². The Morgan fingerprint density at radius 1 is 1.15 bits per heavy atom. The minimum Gasteiger partial charge on any atom is -0.383 e. The first kappa shape index (κ1) is 18.0. The molecule has 1 aromatic heterocycles. The number of fused-ring (bicyclic) bond motifs is 3. The molecule has 0 amide bonds. The fourth-order valence-corrected chi connectivity index (χ4v) is 4.43. The van der Waals surface area contributed by atoms with Crippen LogP contribution in [0.15, 0.2) is 53.4 Å². The molecule has 0 bridgehead atoms. The van der Waals surface area contributed by atoms with Gasteiger partial charge in [0.25, 0.3) is 10.0 Å². The maximum atomic E-state index is 12.5. The van der Waals surface area contributed by atoms with Crippen LogP contribution in [0.1, 0.15) is 5.82 Å². The average molecular weight is 386 g/mol. The molecule has 0 aliphatic carbocycles. The van der Waals surface area contributed by atoms with Gasteiger partial charge in [0.2, 0.25) is 0 Å². The van der Waals surface area contributed by atoms with Crippen LogP contribution in [0.25, 0.3) is 11.0 Å². The van der Waals surface area contributed by atoms with E-state index in [9.17, 15) is 8.42 Å². The van der Waals surface area contributed by atoms with Crippen molar-refractivity contribution in [3.8, 4) is 0 Å². The van der Waals surface area contributed by atoms with Crippen LogP contribution < -0.4 is 4.72 Å². The van der Waals surface area contributed by atoms with Crippen LogP contribution in [0.4, 0.5) is 5.69 Å². The second kappa shape index (κ2) is 7.30. The Balaban J connectivity index is 1.59. The Morgan fingerprint density at radius 2 is 1.96 bits per heavy atom. The van der Waals surface area contributed by atoms with Gasteiger partial charge in [-0.2, -0.15) is 0 Å². The third kappa shape index (κ3) is 3.69. The van der Waals surface area contributed by atoms with Gasteiger partial charge >= 0.3 is 0 Å². The molecule has 2 heterocycles. The summed E-state index contributed by atoms with van der Waals surface area (Å²) in [5, 5.41) is 0. The molecular weight excluding hydrogens is 364 g/mol. The maximum absolute atomic E-state index is 12.5. The molecule has 0 radical (unpaired) electrons. The summed E-state index contributed by atoms with van der Waals surface area (Å²) >= 11 is 0. The molecule has 8 heteroatoms. The van der Waals surface area contributed by atoms with E-state index < -0.39 is 10.0 Å². The van der Waals surface area contributed by atoms with Crippen molar-refractivity contribution in [1.82, 2.24) is 14.5 Å². The van der Waals surface area contributed by atoms with Gasteiger partial charge in [0, 0.05) is 26.7 Å².